The Kier molecular flexibility index (Phi) is 6.22. The van der Waals surface area contributed by atoms with Gasteiger partial charge in [0.2, 0.25) is 11.8 Å². The molecule has 27 heavy (non-hydrogen) atoms. The van der Waals surface area contributed by atoms with Crippen molar-refractivity contribution in [3.63, 3.8) is 0 Å². The Labute approximate surface area is 165 Å². The summed E-state index contributed by atoms with van der Waals surface area (Å²) in [6.45, 7) is 5.74. The second-order valence-electron chi connectivity index (χ2n) is 7.15. The van der Waals surface area contributed by atoms with Gasteiger partial charge in [-0.1, -0.05) is 74.5 Å². The summed E-state index contributed by atoms with van der Waals surface area (Å²) in [6.07, 6.45) is 0. The largest absolute Gasteiger partial charge is 0.348 e. The van der Waals surface area contributed by atoms with E-state index in [2.05, 4.69) is 5.32 Å². The zero-order valence-corrected chi connectivity index (χ0v) is 16.8. The highest BCUT2D eigenvalue weighted by molar-refractivity contribution is 7.99. The van der Waals surface area contributed by atoms with Crippen LogP contribution in [0.3, 0.4) is 0 Å². The molecule has 3 atom stereocenters. The summed E-state index contributed by atoms with van der Waals surface area (Å²) in [5.41, 5.74) is 2.11. The zero-order valence-electron chi connectivity index (χ0n) is 16.0. The summed E-state index contributed by atoms with van der Waals surface area (Å²) in [5.74, 6) is 0.371. The summed E-state index contributed by atoms with van der Waals surface area (Å²) < 4.78 is 0. The van der Waals surface area contributed by atoms with Crippen molar-refractivity contribution in [1.29, 1.82) is 0 Å². The van der Waals surface area contributed by atoms with Crippen LogP contribution >= 0.6 is 11.8 Å². The molecule has 0 bridgehead atoms. The van der Waals surface area contributed by atoms with Crippen molar-refractivity contribution in [1.82, 2.24) is 10.2 Å². The van der Waals surface area contributed by atoms with Gasteiger partial charge in [0.05, 0.1) is 6.04 Å². The van der Waals surface area contributed by atoms with E-state index in [1.54, 1.807) is 16.7 Å². The second-order valence-corrected chi connectivity index (χ2v) is 8.27. The van der Waals surface area contributed by atoms with E-state index in [9.17, 15) is 9.59 Å². The lowest BCUT2D eigenvalue weighted by atomic mass is 10.1. The number of carbonyl (C=O) groups is 2. The highest BCUT2D eigenvalue weighted by Crippen LogP contribution is 2.42. The molecule has 1 aliphatic heterocycles. The monoisotopic (exact) mass is 382 g/mol. The minimum absolute atomic E-state index is 0.0152. The van der Waals surface area contributed by atoms with Crippen LogP contribution in [0.2, 0.25) is 0 Å². The summed E-state index contributed by atoms with van der Waals surface area (Å²) in [4.78, 5) is 27.7. The number of hydrogen-bond donors (Lipinski definition) is 1. The first-order valence-corrected chi connectivity index (χ1v) is 10.4. The first-order valence-electron chi connectivity index (χ1n) is 9.33. The van der Waals surface area contributed by atoms with Crippen LogP contribution in [-0.2, 0) is 9.59 Å². The van der Waals surface area contributed by atoms with Gasteiger partial charge in [0, 0.05) is 11.7 Å². The van der Waals surface area contributed by atoms with E-state index in [0.717, 1.165) is 11.1 Å². The lowest BCUT2D eigenvalue weighted by Gasteiger charge is -2.31. The van der Waals surface area contributed by atoms with E-state index >= 15 is 0 Å². The molecule has 2 amide bonds. The predicted molar refractivity (Wildman–Crippen MR) is 110 cm³/mol. The Hall–Kier alpha value is -2.27. The van der Waals surface area contributed by atoms with Gasteiger partial charge in [-0.25, -0.2) is 0 Å². The number of amides is 2. The van der Waals surface area contributed by atoms with E-state index in [1.807, 2.05) is 81.4 Å². The van der Waals surface area contributed by atoms with Crippen molar-refractivity contribution >= 4 is 23.6 Å². The molecule has 1 saturated heterocycles. The van der Waals surface area contributed by atoms with Gasteiger partial charge < -0.3 is 10.2 Å². The molecule has 1 aliphatic rings. The minimum atomic E-state index is -0.457. The van der Waals surface area contributed by atoms with Crippen molar-refractivity contribution in [2.45, 2.75) is 38.2 Å². The summed E-state index contributed by atoms with van der Waals surface area (Å²) in [5, 5.41) is 2.97. The summed E-state index contributed by atoms with van der Waals surface area (Å²) in [7, 11) is 0. The van der Waals surface area contributed by atoms with Gasteiger partial charge in [-0.15, -0.1) is 11.8 Å². The Balaban J connectivity index is 1.80. The van der Waals surface area contributed by atoms with E-state index in [-0.39, 0.29) is 29.1 Å². The second kappa shape index (κ2) is 8.61. The average Bonchev–Trinajstić information content (AvgIpc) is 3.13. The van der Waals surface area contributed by atoms with Crippen LogP contribution in [0.4, 0.5) is 0 Å². The average molecular weight is 383 g/mol. The molecule has 142 valence electrons. The van der Waals surface area contributed by atoms with Gasteiger partial charge in [-0.05, 0) is 18.1 Å². The Morgan fingerprint density at radius 3 is 2.19 bits per heavy atom. The molecule has 2 aromatic carbocycles. The van der Waals surface area contributed by atoms with Gasteiger partial charge in [-0.3, -0.25) is 9.59 Å². The van der Waals surface area contributed by atoms with Crippen LogP contribution in [-0.4, -0.2) is 28.5 Å². The van der Waals surface area contributed by atoms with Gasteiger partial charge >= 0.3 is 0 Å². The smallest absolute Gasteiger partial charge is 0.244 e. The maximum Gasteiger partial charge on any atom is 0.244 e. The Morgan fingerprint density at radius 2 is 1.59 bits per heavy atom. The molecule has 3 rings (SSSR count). The fourth-order valence-corrected chi connectivity index (χ4v) is 4.72. The van der Waals surface area contributed by atoms with Crippen LogP contribution in [0.1, 0.15) is 43.3 Å². The topological polar surface area (TPSA) is 49.4 Å². The highest BCUT2D eigenvalue weighted by Gasteiger charge is 2.43. The molecule has 0 spiro atoms. The fourth-order valence-electron chi connectivity index (χ4n) is 3.28. The third-order valence-electron chi connectivity index (χ3n) is 4.79. The quantitative estimate of drug-likeness (QED) is 0.845. The first kappa shape index (κ1) is 19.5. The molecule has 1 N–H and O–H groups in total. The van der Waals surface area contributed by atoms with E-state index in [0.29, 0.717) is 5.75 Å². The van der Waals surface area contributed by atoms with Gasteiger partial charge in [-0.2, -0.15) is 0 Å². The number of hydrogen-bond acceptors (Lipinski definition) is 3. The molecule has 0 aromatic heterocycles. The number of thioether (sulfide) groups is 1. The van der Waals surface area contributed by atoms with Crippen LogP contribution < -0.4 is 5.32 Å². The molecular weight excluding hydrogens is 356 g/mol. The zero-order chi connectivity index (χ0) is 19.4. The van der Waals surface area contributed by atoms with Crippen LogP contribution in [0.25, 0.3) is 0 Å². The molecule has 1 heterocycles. The van der Waals surface area contributed by atoms with E-state index in [4.69, 9.17) is 0 Å². The molecule has 0 saturated carbocycles. The van der Waals surface area contributed by atoms with Crippen molar-refractivity contribution in [3.8, 4) is 0 Å². The number of benzene rings is 2. The molecule has 0 unspecified atom stereocenters. The molecule has 4 nitrogen and oxygen atoms in total. The maximum atomic E-state index is 13.0. The third-order valence-corrected chi connectivity index (χ3v) is 6.12. The number of nitrogens with one attached hydrogen (secondary N) is 1. The standard InChI is InChI=1S/C22H26N2O2S/c1-15(2)21(26)24-19(14-27-22(24)18-12-8-5-9-13-18)20(25)23-16(3)17-10-6-4-7-11-17/h4-13,15-16,19,22H,14H2,1-3H3,(H,23,25)/t16-,19+,22-/m0/s1. The Bertz CT molecular complexity index is 779. The maximum absolute atomic E-state index is 13.0. The molecule has 1 fully saturated rings. The third kappa shape index (κ3) is 4.35. The van der Waals surface area contributed by atoms with Crippen molar-refractivity contribution < 1.29 is 9.59 Å². The van der Waals surface area contributed by atoms with Gasteiger partial charge in [0.15, 0.2) is 0 Å². The van der Waals surface area contributed by atoms with Crippen molar-refractivity contribution in [2.24, 2.45) is 5.92 Å². The molecule has 0 radical (unpaired) electrons. The van der Waals surface area contributed by atoms with Gasteiger partial charge in [0.25, 0.3) is 0 Å². The molecule has 2 aromatic rings. The number of carbonyl (C=O) groups excluding carboxylic acids is 2. The molecular formula is C22H26N2O2S. The van der Waals surface area contributed by atoms with E-state index in [1.165, 1.54) is 0 Å². The van der Waals surface area contributed by atoms with Crippen molar-refractivity contribution in [2.75, 3.05) is 5.75 Å². The van der Waals surface area contributed by atoms with Crippen LogP contribution in [0.5, 0.6) is 0 Å². The molecule has 5 heteroatoms. The van der Waals surface area contributed by atoms with Crippen molar-refractivity contribution in [3.05, 3.63) is 71.8 Å². The van der Waals surface area contributed by atoms with Crippen LogP contribution in [0, 0.1) is 5.92 Å². The SMILES string of the molecule is CC(C)C(=O)N1[C@@H](C(=O)N[C@@H](C)c2ccccc2)CS[C@H]1c1ccccc1. The highest BCUT2D eigenvalue weighted by atomic mass is 32.2. The summed E-state index contributed by atoms with van der Waals surface area (Å²) >= 11 is 1.65. The summed E-state index contributed by atoms with van der Waals surface area (Å²) in [6, 6.07) is 19.3. The predicted octanol–water partition coefficient (Wildman–Crippen LogP) is 4.16. The number of nitrogens with zero attached hydrogens (tertiary/aromatic N) is 1. The van der Waals surface area contributed by atoms with Gasteiger partial charge in [0.1, 0.15) is 11.4 Å². The first-order chi connectivity index (χ1) is 13.0. The van der Waals surface area contributed by atoms with E-state index < -0.39 is 6.04 Å². The Morgan fingerprint density at radius 1 is 1.00 bits per heavy atom. The lowest BCUT2D eigenvalue weighted by Crippen LogP contribution is -2.49. The fraction of sp³-hybridized carbons (Fsp3) is 0.364. The minimum Gasteiger partial charge on any atom is -0.348 e. The lowest BCUT2D eigenvalue weighted by molar-refractivity contribution is -0.142. The van der Waals surface area contributed by atoms with Crippen LogP contribution in [0.15, 0.2) is 60.7 Å². The number of rotatable bonds is 5. The normalized spacial score (nSPS) is 20.5. The molecule has 0 aliphatic carbocycles.